The van der Waals surface area contributed by atoms with Gasteiger partial charge >= 0.3 is 0 Å². The summed E-state index contributed by atoms with van der Waals surface area (Å²) in [4.78, 5) is 16.7. The van der Waals surface area contributed by atoms with E-state index in [1.54, 1.807) is 22.8 Å². The summed E-state index contributed by atoms with van der Waals surface area (Å²) in [5.74, 6) is -1.31. The van der Waals surface area contributed by atoms with E-state index in [1.807, 2.05) is 0 Å². The second-order valence-electron chi connectivity index (χ2n) is 4.79. The van der Waals surface area contributed by atoms with Gasteiger partial charge in [0.1, 0.15) is 11.6 Å². The first-order chi connectivity index (χ1) is 11.1. The Balaban J connectivity index is 2.16. The molecule has 0 spiro atoms. The van der Waals surface area contributed by atoms with Gasteiger partial charge in [0.05, 0.1) is 10.2 Å². The summed E-state index contributed by atoms with van der Waals surface area (Å²) in [5.41, 5.74) is 0.664. The zero-order valence-electron chi connectivity index (χ0n) is 12.0. The van der Waals surface area contributed by atoms with Crippen LogP contribution in [-0.4, -0.2) is 10.5 Å². The predicted octanol–water partition coefficient (Wildman–Crippen LogP) is 3.91. The molecule has 3 rings (SSSR count). The molecule has 23 heavy (non-hydrogen) atoms. The number of carbonyl (C=O) groups excluding carboxylic acids is 1. The van der Waals surface area contributed by atoms with Crippen LogP contribution >= 0.6 is 11.3 Å². The van der Waals surface area contributed by atoms with Crippen LogP contribution in [0.1, 0.15) is 10.4 Å². The minimum absolute atomic E-state index is 0.273. The van der Waals surface area contributed by atoms with Crippen LogP contribution in [0.3, 0.4) is 0 Å². The lowest BCUT2D eigenvalue weighted by Crippen LogP contribution is -2.16. The number of hydrogen-bond donors (Lipinski definition) is 0. The van der Waals surface area contributed by atoms with Gasteiger partial charge in [0.25, 0.3) is 5.91 Å². The summed E-state index contributed by atoms with van der Waals surface area (Å²) >= 11 is 1.22. The third-order valence-corrected chi connectivity index (χ3v) is 4.30. The number of fused-ring (bicyclic) bond motifs is 1. The number of hydrogen-bond acceptors (Lipinski definition) is 2. The molecule has 0 saturated carbocycles. The third kappa shape index (κ3) is 2.98. The first kappa shape index (κ1) is 15.3. The van der Waals surface area contributed by atoms with Crippen molar-refractivity contribution < 1.29 is 13.6 Å². The average molecular weight is 330 g/mol. The number of rotatable bonds is 3. The molecule has 116 valence electrons. The van der Waals surface area contributed by atoms with Crippen LogP contribution in [-0.2, 0) is 6.54 Å². The molecule has 0 aliphatic heterocycles. The molecule has 6 heteroatoms. The van der Waals surface area contributed by atoms with Crippen molar-refractivity contribution in [3.8, 4) is 0 Å². The van der Waals surface area contributed by atoms with Gasteiger partial charge in [-0.15, -0.1) is 6.58 Å². The third-order valence-electron chi connectivity index (χ3n) is 3.25. The Kier molecular flexibility index (Phi) is 4.16. The van der Waals surface area contributed by atoms with Gasteiger partial charge in [-0.3, -0.25) is 4.79 Å². The highest BCUT2D eigenvalue weighted by Crippen LogP contribution is 2.20. The first-order valence-electron chi connectivity index (χ1n) is 6.83. The number of aromatic nitrogens is 1. The topological polar surface area (TPSA) is 34.4 Å². The Bertz CT molecular complexity index is 955. The van der Waals surface area contributed by atoms with Gasteiger partial charge < -0.3 is 4.57 Å². The normalized spacial score (nSPS) is 11.8. The Morgan fingerprint density at radius 2 is 1.96 bits per heavy atom. The van der Waals surface area contributed by atoms with Gasteiger partial charge in [-0.25, -0.2) is 8.78 Å². The molecule has 0 aliphatic carbocycles. The molecule has 1 amide bonds. The van der Waals surface area contributed by atoms with E-state index in [0.717, 1.165) is 0 Å². The average Bonchev–Trinajstić information content (AvgIpc) is 2.87. The van der Waals surface area contributed by atoms with E-state index in [4.69, 9.17) is 0 Å². The van der Waals surface area contributed by atoms with Crippen molar-refractivity contribution >= 4 is 27.5 Å². The van der Waals surface area contributed by atoms with Gasteiger partial charge in [0, 0.05) is 12.1 Å². The van der Waals surface area contributed by atoms with E-state index in [1.165, 1.54) is 41.7 Å². The summed E-state index contributed by atoms with van der Waals surface area (Å²) in [6.45, 7) is 3.98. The fourth-order valence-corrected chi connectivity index (χ4v) is 3.27. The highest BCUT2D eigenvalue weighted by Gasteiger charge is 2.11. The number of para-hydroxylation sites is 1. The molecule has 0 atom stereocenters. The van der Waals surface area contributed by atoms with Crippen molar-refractivity contribution in [2.75, 3.05) is 0 Å². The molecular formula is C17H12F2N2OS. The number of halogens is 2. The molecule has 1 heterocycles. The Morgan fingerprint density at radius 1 is 1.22 bits per heavy atom. The Labute approximate surface area is 134 Å². The van der Waals surface area contributed by atoms with Gasteiger partial charge in [0.15, 0.2) is 4.80 Å². The van der Waals surface area contributed by atoms with Crippen LogP contribution < -0.4 is 4.80 Å². The standard InChI is InChI=1S/C17H12F2N2OS/c1-2-10-21-15-13(19)4-3-5-14(15)23-17(21)20-16(22)11-6-8-12(18)9-7-11/h2-9H,1,10H2. The van der Waals surface area contributed by atoms with E-state index < -0.39 is 11.7 Å². The molecule has 0 aliphatic rings. The molecule has 0 unspecified atom stereocenters. The van der Waals surface area contributed by atoms with Crippen LogP contribution in [0.15, 0.2) is 60.1 Å². The van der Waals surface area contributed by atoms with E-state index in [-0.39, 0.29) is 11.4 Å². The first-order valence-corrected chi connectivity index (χ1v) is 7.65. The van der Waals surface area contributed by atoms with Crippen molar-refractivity contribution in [3.63, 3.8) is 0 Å². The number of allylic oxidation sites excluding steroid dienone is 1. The van der Waals surface area contributed by atoms with E-state index in [0.29, 0.717) is 21.6 Å². The molecule has 0 saturated heterocycles. The lowest BCUT2D eigenvalue weighted by molar-refractivity contribution is 0.0998. The Morgan fingerprint density at radius 3 is 2.65 bits per heavy atom. The maximum atomic E-state index is 14.1. The number of thiazole rings is 1. The second kappa shape index (κ2) is 6.26. The van der Waals surface area contributed by atoms with Gasteiger partial charge in [-0.05, 0) is 36.4 Å². The molecule has 3 aromatic rings. The van der Waals surface area contributed by atoms with Crippen molar-refractivity contribution in [1.29, 1.82) is 0 Å². The molecule has 0 radical (unpaired) electrons. The monoisotopic (exact) mass is 330 g/mol. The van der Waals surface area contributed by atoms with E-state index in [2.05, 4.69) is 11.6 Å². The maximum Gasteiger partial charge on any atom is 0.279 e. The fourth-order valence-electron chi connectivity index (χ4n) is 2.21. The van der Waals surface area contributed by atoms with Crippen LogP contribution in [0.2, 0.25) is 0 Å². The van der Waals surface area contributed by atoms with Crippen molar-refractivity contribution in [2.24, 2.45) is 4.99 Å². The molecule has 1 aromatic heterocycles. The molecular weight excluding hydrogens is 318 g/mol. The minimum atomic E-state index is -0.505. The largest absolute Gasteiger partial charge is 0.310 e. The molecule has 0 N–H and O–H groups in total. The van der Waals surface area contributed by atoms with E-state index >= 15 is 0 Å². The lowest BCUT2D eigenvalue weighted by Gasteiger charge is -2.01. The summed E-state index contributed by atoms with van der Waals surface area (Å²) in [6.07, 6.45) is 1.61. The number of benzene rings is 2. The molecule has 2 aromatic carbocycles. The van der Waals surface area contributed by atoms with Crippen molar-refractivity contribution in [1.82, 2.24) is 4.57 Å². The van der Waals surface area contributed by atoms with Gasteiger partial charge in [-0.2, -0.15) is 4.99 Å². The SMILES string of the molecule is C=CCn1c(=NC(=O)c2ccc(F)cc2)sc2cccc(F)c21. The number of carbonyl (C=O) groups is 1. The Hall–Kier alpha value is -2.60. The fraction of sp³-hybridized carbons (Fsp3) is 0.0588. The molecule has 3 nitrogen and oxygen atoms in total. The summed E-state index contributed by atoms with van der Waals surface area (Å²) < 4.78 is 29.3. The highest BCUT2D eigenvalue weighted by molar-refractivity contribution is 7.16. The van der Waals surface area contributed by atoms with Crippen LogP contribution in [0, 0.1) is 11.6 Å². The summed E-state index contributed by atoms with van der Waals surface area (Å²) in [7, 11) is 0. The molecule has 0 fully saturated rings. The van der Waals surface area contributed by atoms with Gasteiger partial charge in [0.2, 0.25) is 0 Å². The highest BCUT2D eigenvalue weighted by atomic mass is 32.1. The zero-order valence-corrected chi connectivity index (χ0v) is 12.8. The van der Waals surface area contributed by atoms with Gasteiger partial charge in [-0.1, -0.05) is 23.5 Å². The van der Waals surface area contributed by atoms with E-state index in [9.17, 15) is 13.6 Å². The predicted molar refractivity (Wildman–Crippen MR) is 86.3 cm³/mol. The van der Waals surface area contributed by atoms with Crippen molar-refractivity contribution in [2.45, 2.75) is 6.54 Å². The van der Waals surface area contributed by atoms with Crippen LogP contribution in [0.25, 0.3) is 10.2 Å². The maximum absolute atomic E-state index is 14.1. The summed E-state index contributed by atoms with van der Waals surface area (Å²) in [6, 6.07) is 9.87. The van der Waals surface area contributed by atoms with Crippen molar-refractivity contribution in [3.05, 3.63) is 77.1 Å². The minimum Gasteiger partial charge on any atom is -0.310 e. The summed E-state index contributed by atoms with van der Waals surface area (Å²) in [5, 5.41) is 0. The number of nitrogens with zero attached hydrogens (tertiary/aromatic N) is 2. The number of amides is 1. The molecule has 0 bridgehead atoms. The smallest absolute Gasteiger partial charge is 0.279 e. The zero-order chi connectivity index (χ0) is 16.4. The second-order valence-corrected chi connectivity index (χ2v) is 5.80. The lowest BCUT2D eigenvalue weighted by atomic mass is 10.2. The van der Waals surface area contributed by atoms with Crippen LogP contribution in [0.5, 0.6) is 0 Å². The quantitative estimate of drug-likeness (QED) is 0.671. The van der Waals surface area contributed by atoms with Crippen LogP contribution in [0.4, 0.5) is 8.78 Å².